The van der Waals surface area contributed by atoms with Gasteiger partial charge in [-0.2, -0.15) is 4.39 Å². The van der Waals surface area contributed by atoms with Crippen LogP contribution < -0.4 is 4.74 Å². The van der Waals surface area contributed by atoms with Crippen molar-refractivity contribution in [1.82, 2.24) is 4.98 Å². The molecule has 0 spiro atoms. The number of aromatic nitrogens is 1. The zero-order valence-electron chi connectivity index (χ0n) is 10.8. The van der Waals surface area contributed by atoms with Gasteiger partial charge < -0.3 is 4.74 Å². The third-order valence-electron chi connectivity index (χ3n) is 3.02. The molecular formula is C16H10ClF2NO. The van der Waals surface area contributed by atoms with Gasteiger partial charge in [0.2, 0.25) is 11.7 Å². The standard InChI is InChI=1S/C16H10ClF2NO/c17-9-11-8-10-4-1-2-5-12(10)16(20-11)21-14-7-3-6-13(18)15(14)19/h1-8H,9H2. The second kappa shape index (κ2) is 5.66. The van der Waals surface area contributed by atoms with Crippen molar-refractivity contribution in [3.05, 3.63) is 65.9 Å². The molecule has 1 aromatic heterocycles. The van der Waals surface area contributed by atoms with Gasteiger partial charge in [-0.25, -0.2) is 9.37 Å². The maximum absolute atomic E-state index is 13.7. The maximum atomic E-state index is 13.7. The van der Waals surface area contributed by atoms with Crippen molar-refractivity contribution in [3.8, 4) is 11.6 Å². The summed E-state index contributed by atoms with van der Waals surface area (Å²) in [7, 11) is 0. The largest absolute Gasteiger partial charge is 0.435 e. The first kappa shape index (κ1) is 13.8. The molecule has 0 aliphatic carbocycles. The van der Waals surface area contributed by atoms with E-state index in [0.29, 0.717) is 11.1 Å². The van der Waals surface area contributed by atoms with Crippen molar-refractivity contribution >= 4 is 22.4 Å². The van der Waals surface area contributed by atoms with Gasteiger partial charge in [0.1, 0.15) is 0 Å². The second-order valence-electron chi connectivity index (χ2n) is 4.43. The van der Waals surface area contributed by atoms with E-state index < -0.39 is 11.6 Å². The van der Waals surface area contributed by atoms with Gasteiger partial charge in [-0.15, -0.1) is 11.6 Å². The number of hydrogen-bond donors (Lipinski definition) is 0. The highest BCUT2D eigenvalue weighted by atomic mass is 35.5. The Kier molecular flexibility index (Phi) is 3.71. The van der Waals surface area contributed by atoms with Crippen molar-refractivity contribution < 1.29 is 13.5 Å². The van der Waals surface area contributed by atoms with Crippen LogP contribution in [0.25, 0.3) is 10.8 Å². The van der Waals surface area contributed by atoms with Gasteiger partial charge in [-0.05, 0) is 29.7 Å². The fourth-order valence-corrected chi connectivity index (χ4v) is 2.17. The summed E-state index contributed by atoms with van der Waals surface area (Å²) < 4.78 is 32.4. The van der Waals surface area contributed by atoms with Crippen molar-refractivity contribution in [2.45, 2.75) is 5.88 Å². The number of benzene rings is 2. The van der Waals surface area contributed by atoms with Gasteiger partial charge in [0.25, 0.3) is 0 Å². The minimum Gasteiger partial charge on any atom is -0.435 e. The van der Waals surface area contributed by atoms with Crippen LogP contribution in [0.4, 0.5) is 8.78 Å². The summed E-state index contributed by atoms with van der Waals surface area (Å²) in [5.41, 5.74) is 0.599. The summed E-state index contributed by atoms with van der Waals surface area (Å²) in [6.45, 7) is 0. The average Bonchev–Trinajstić information content (AvgIpc) is 2.51. The van der Waals surface area contributed by atoms with E-state index in [2.05, 4.69) is 4.98 Å². The summed E-state index contributed by atoms with van der Waals surface area (Å²) in [5, 5.41) is 1.57. The molecule has 0 fully saturated rings. The highest BCUT2D eigenvalue weighted by molar-refractivity contribution is 6.17. The molecule has 0 aliphatic rings. The molecule has 0 bridgehead atoms. The summed E-state index contributed by atoms with van der Waals surface area (Å²) in [4.78, 5) is 4.24. The van der Waals surface area contributed by atoms with Gasteiger partial charge >= 0.3 is 0 Å². The number of fused-ring (bicyclic) bond motifs is 1. The van der Waals surface area contributed by atoms with Gasteiger partial charge in [-0.1, -0.05) is 24.3 Å². The summed E-state index contributed by atoms with van der Waals surface area (Å²) in [5.74, 6) is -1.81. The Bertz CT molecular complexity index is 807. The molecule has 0 unspecified atom stereocenters. The molecule has 2 aromatic carbocycles. The number of pyridine rings is 1. The van der Waals surface area contributed by atoms with Crippen molar-refractivity contribution in [2.24, 2.45) is 0 Å². The van der Waals surface area contributed by atoms with Gasteiger partial charge in [0, 0.05) is 5.39 Å². The van der Waals surface area contributed by atoms with E-state index in [4.69, 9.17) is 16.3 Å². The first-order chi connectivity index (χ1) is 10.2. The second-order valence-corrected chi connectivity index (χ2v) is 4.69. The quantitative estimate of drug-likeness (QED) is 0.632. The number of hydrogen-bond acceptors (Lipinski definition) is 2. The van der Waals surface area contributed by atoms with Crippen LogP contribution in [0, 0.1) is 11.6 Å². The molecule has 2 nitrogen and oxygen atoms in total. The Morgan fingerprint density at radius 3 is 2.67 bits per heavy atom. The molecule has 21 heavy (non-hydrogen) atoms. The molecule has 0 aliphatic heterocycles. The minimum absolute atomic E-state index is 0.201. The third kappa shape index (κ3) is 2.67. The summed E-state index contributed by atoms with van der Waals surface area (Å²) in [6.07, 6.45) is 0. The highest BCUT2D eigenvalue weighted by Gasteiger charge is 2.13. The van der Waals surface area contributed by atoms with E-state index in [-0.39, 0.29) is 17.5 Å². The number of nitrogens with zero attached hydrogens (tertiary/aromatic N) is 1. The Balaban J connectivity index is 2.13. The molecule has 0 saturated carbocycles. The molecule has 3 aromatic rings. The molecule has 0 amide bonds. The third-order valence-corrected chi connectivity index (χ3v) is 3.29. The van der Waals surface area contributed by atoms with Crippen LogP contribution in [-0.2, 0) is 5.88 Å². The molecular weight excluding hydrogens is 296 g/mol. The van der Waals surface area contributed by atoms with Crippen molar-refractivity contribution in [2.75, 3.05) is 0 Å². The molecule has 0 radical (unpaired) electrons. The Labute approximate surface area is 125 Å². The van der Waals surface area contributed by atoms with Crippen LogP contribution in [0.1, 0.15) is 5.69 Å². The Morgan fingerprint density at radius 1 is 1.05 bits per heavy atom. The van der Waals surface area contributed by atoms with Crippen LogP contribution in [-0.4, -0.2) is 4.98 Å². The Morgan fingerprint density at radius 2 is 1.86 bits per heavy atom. The van der Waals surface area contributed by atoms with Gasteiger partial charge in [-0.3, -0.25) is 0 Å². The average molecular weight is 306 g/mol. The lowest BCUT2D eigenvalue weighted by atomic mass is 10.1. The maximum Gasteiger partial charge on any atom is 0.227 e. The number of rotatable bonds is 3. The predicted octanol–water partition coefficient (Wildman–Crippen LogP) is 5.04. The van der Waals surface area contributed by atoms with Crippen LogP contribution >= 0.6 is 11.6 Å². The number of ether oxygens (including phenoxy) is 1. The smallest absolute Gasteiger partial charge is 0.227 e. The zero-order chi connectivity index (χ0) is 14.8. The van der Waals surface area contributed by atoms with Crippen molar-refractivity contribution in [3.63, 3.8) is 0 Å². The SMILES string of the molecule is Fc1cccc(Oc2nc(CCl)cc3ccccc23)c1F. The topological polar surface area (TPSA) is 22.1 Å². The fourth-order valence-electron chi connectivity index (χ4n) is 2.03. The van der Waals surface area contributed by atoms with Crippen LogP contribution in [0.3, 0.4) is 0 Å². The predicted molar refractivity (Wildman–Crippen MR) is 77.7 cm³/mol. The summed E-state index contributed by atoms with van der Waals surface area (Å²) in [6, 6.07) is 12.9. The van der Waals surface area contributed by atoms with Crippen LogP contribution in [0.2, 0.25) is 0 Å². The first-order valence-electron chi connectivity index (χ1n) is 6.25. The van der Waals surface area contributed by atoms with Crippen LogP contribution in [0.15, 0.2) is 48.5 Å². The van der Waals surface area contributed by atoms with E-state index in [1.165, 1.54) is 12.1 Å². The highest BCUT2D eigenvalue weighted by Crippen LogP contribution is 2.31. The number of halogens is 3. The molecule has 5 heteroatoms. The van der Waals surface area contributed by atoms with Gasteiger partial charge in [0.15, 0.2) is 11.6 Å². The molecule has 1 heterocycles. The summed E-state index contributed by atoms with van der Waals surface area (Å²) >= 11 is 5.81. The lowest BCUT2D eigenvalue weighted by Crippen LogP contribution is -1.96. The Hall–Kier alpha value is -2.20. The van der Waals surface area contributed by atoms with E-state index in [0.717, 1.165) is 11.5 Å². The lowest BCUT2D eigenvalue weighted by molar-refractivity contribution is 0.408. The van der Waals surface area contributed by atoms with E-state index >= 15 is 0 Å². The molecule has 3 rings (SSSR count). The molecule has 0 N–H and O–H groups in total. The van der Waals surface area contributed by atoms with Gasteiger partial charge in [0.05, 0.1) is 11.6 Å². The first-order valence-corrected chi connectivity index (χ1v) is 6.79. The molecule has 106 valence electrons. The molecule has 0 saturated heterocycles. The number of alkyl halides is 1. The van der Waals surface area contributed by atoms with E-state index in [9.17, 15) is 8.78 Å². The minimum atomic E-state index is -1.04. The van der Waals surface area contributed by atoms with Crippen LogP contribution in [0.5, 0.6) is 11.6 Å². The normalized spacial score (nSPS) is 10.8. The fraction of sp³-hybridized carbons (Fsp3) is 0.0625. The van der Waals surface area contributed by atoms with Crippen molar-refractivity contribution in [1.29, 1.82) is 0 Å². The van der Waals surface area contributed by atoms with E-state index in [1.54, 1.807) is 6.07 Å². The van der Waals surface area contributed by atoms with E-state index in [1.807, 2.05) is 24.3 Å². The molecule has 0 atom stereocenters. The zero-order valence-corrected chi connectivity index (χ0v) is 11.6. The monoisotopic (exact) mass is 305 g/mol. The lowest BCUT2D eigenvalue weighted by Gasteiger charge is -2.10.